The van der Waals surface area contributed by atoms with Crippen LogP contribution < -0.4 is 17.0 Å². The van der Waals surface area contributed by atoms with E-state index in [4.69, 9.17) is 0 Å². The number of nitrogens with zero attached hydrogens (tertiary/aromatic N) is 1. The quantitative estimate of drug-likeness (QED) is 0.329. The van der Waals surface area contributed by atoms with Crippen molar-refractivity contribution in [1.82, 2.24) is 0 Å². The van der Waals surface area contributed by atoms with E-state index in [1.54, 1.807) is 0 Å². The molecule has 0 unspecified atom stereocenters. The Hall–Kier alpha value is 0.740. The number of rotatable bonds is 6. The summed E-state index contributed by atoms with van der Waals surface area (Å²) in [4.78, 5) is 0. The van der Waals surface area contributed by atoms with E-state index in [0.717, 1.165) is 40.4 Å². The summed E-state index contributed by atoms with van der Waals surface area (Å²) >= 11 is 0. The largest absolute Gasteiger partial charge is 1.00 e. The van der Waals surface area contributed by atoms with Crippen LogP contribution in [0.1, 0.15) is 12.8 Å². The van der Waals surface area contributed by atoms with Crippen LogP contribution in [0.25, 0.3) is 0 Å². The molecule has 0 aromatic rings. The van der Waals surface area contributed by atoms with Crippen LogP contribution in [0.15, 0.2) is 0 Å². The van der Waals surface area contributed by atoms with Gasteiger partial charge in [0.1, 0.15) is 0 Å². The first-order valence-corrected chi connectivity index (χ1v) is 7.75. The number of hydrogen-bond donors (Lipinski definition) is 0. The van der Waals surface area contributed by atoms with E-state index in [1.165, 1.54) is 6.26 Å². The molecule has 0 radical (unpaired) electrons. The highest BCUT2D eigenvalue weighted by Crippen LogP contribution is 2.12. The van der Waals surface area contributed by atoms with Gasteiger partial charge in [-0.15, -0.1) is 0 Å². The Morgan fingerprint density at radius 1 is 1.14 bits per heavy atom. The Bertz CT molecular complexity index is 234. The van der Waals surface area contributed by atoms with Gasteiger partial charge in [0.2, 0.25) is 0 Å². The zero-order valence-electron chi connectivity index (χ0n) is 9.29. The second kappa shape index (κ2) is 7.09. The van der Waals surface area contributed by atoms with Gasteiger partial charge in [0, 0.05) is 12.0 Å². The summed E-state index contributed by atoms with van der Waals surface area (Å²) in [7, 11) is 4.65. The molecule has 0 heterocycles. The summed E-state index contributed by atoms with van der Waals surface area (Å²) in [5, 5.41) is 0. The first-order chi connectivity index (χ1) is 5.71. The molecule has 0 bridgehead atoms. The van der Waals surface area contributed by atoms with E-state index in [-0.39, 0.29) is 17.0 Å². The summed E-state index contributed by atoms with van der Waals surface area (Å²) in [6, 6.07) is 0. The lowest BCUT2D eigenvalue weighted by atomic mass is 10.3. The monoisotopic (exact) mass is 305 g/mol. The third kappa shape index (κ3) is 15.2. The van der Waals surface area contributed by atoms with Gasteiger partial charge in [-0.2, -0.15) is 0 Å². The molecule has 6 heteroatoms. The maximum absolute atomic E-state index is 10.8. The van der Waals surface area contributed by atoms with E-state index in [1.807, 2.05) is 0 Å². The second-order valence-electron chi connectivity index (χ2n) is 4.25. The Morgan fingerprint density at radius 2 is 1.64 bits per heavy atom. The molecule has 3 nitrogen and oxygen atoms in total. The fraction of sp³-hybridized carbons (Fsp3) is 1.00. The van der Waals surface area contributed by atoms with Crippen molar-refractivity contribution in [2.24, 2.45) is 0 Å². The van der Waals surface area contributed by atoms with Gasteiger partial charge < -0.3 is 21.5 Å². The van der Waals surface area contributed by atoms with Crippen molar-refractivity contribution < 1.29 is 29.9 Å². The molecule has 0 atom stereocenters. The van der Waals surface area contributed by atoms with Crippen LogP contribution in [-0.4, -0.2) is 52.6 Å². The van der Waals surface area contributed by atoms with Crippen LogP contribution in [0.2, 0.25) is 0 Å². The number of unbranched alkanes of at least 4 members (excludes halogenated alkanes) is 1. The first-order valence-electron chi connectivity index (χ1n) is 4.35. The Balaban J connectivity index is 0. The van der Waals surface area contributed by atoms with Crippen LogP contribution in [0.3, 0.4) is 0 Å². The van der Waals surface area contributed by atoms with Gasteiger partial charge in [-0.05, 0) is 23.6 Å². The zero-order valence-corrected chi connectivity index (χ0v) is 12.5. The summed E-state index contributed by atoms with van der Waals surface area (Å²) in [6.45, 7) is 1.10. The maximum Gasteiger partial charge on any atom is 0.198 e. The molecule has 0 spiro atoms. The molecule has 0 aromatic heterocycles. The first kappa shape index (κ1) is 17.1. The predicted molar refractivity (Wildman–Crippen MR) is 59.4 cm³/mol. The zero-order chi connectivity index (χ0) is 10.5. The molecule has 0 saturated heterocycles. The minimum absolute atomic E-state index is 0. The van der Waals surface area contributed by atoms with E-state index in [9.17, 15) is 8.42 Å². The lowest BCUT2D eigenvalue weighted by molar-refractivity contribution is -0.870. The molecule has 0 aromatic carbocycles. The molecule has 0 aliphatic heterocycles. The molecule has 0 fully saturated rings. The fourth-order valence-electron chi connectivity index (χ4n) is 0.899. The Kier molecular flexibility index (Phi) is 8.68. The standard InChI is InChI=1S/C8H20NO2S2.BrH/c1-9(2,3)7-5-6-8-12-13(4,10)11;/h5-8H2,1-4H3;1H/q+1;/p-1. The summed E-state index contributed by atoms with van der Waals surface area (Å²) < 4.78 is 22.4. The van der Waals surface area contributed by atoms with E-state index < -0.39 is 8.87 Å². The molecular formula is C8H20BrNO2S2. The third-order valence-corrected chi connectivity index (χ3v) is 4.19. The topological polar surface area (TPSA) is 34.1 Å². The minimum atomic E-state index is -2.83. The van der Waals surface area contributed by atoms with Gasteiger partial charge in [0.05, 0.1) is 27.7 Å². The molecule has 14 heavy (non-hydrogen) atoms. The minimum Gasteiger partial charge on any atom is -1.00 e. The van der Waals surface area contributed by atoms with Gasteiger partial charge in [-0.25, -0.2) is 8.42 Å². The van der Waals surface area contributed by atoms with Crippen LogP contribution in [-0.2, 0) is 8.87 Å². The second-order valence-corrected chi connectivity index (χ2v) is 8.82. The number of hydrogen-bond acceptors (Lipinski definition) is 3. The van der Waals surface area contributed by atoms with Crippen molar-refractivity contribution in [3.05, 3.63) is 0 Å². The molecule has 0 amide bonds. The Labute approximate surface area is 102 Å². The van der Waals surface area contributed by atoms with Crippen molar-refractivity contribution in [3.63, 3.8) is 0 Å². The maximum atomic E-state index is 10.8. The van der Waals surface area contributed by atoms with Crippen molar-refractivity contribution in [3.8, 4) is 0 Å². The third-order valence-electron chi connectivity index (χ3n) is 1.52. The molecule has 0 rings (SSSR count). The average Bonchev–Trinajstić information content (AvgIpc) is 1.81. The molecular weight excluding hydrogens is 286 g/mol. The van der Waals surface area contributed by atoms with Crippen molar-refractivity contribution in [2.75, 3.05) is 39.7 Å². The van der Waals surface area contributed by atoms with Gasteiger partial charge in [0.15, 0.2) is 8.87 Å². The normalized spacial score (nSPS) is 12.3. The summed E-state index contributed by atoms with van der Waals surface area (Å²) in [5.74, 6) is 0.721. The fourth-order valence-corrected chi connectivity index (χ4v) is 2.79. The summed E-state index contributed by atoms with van der Waals surface area (Å²) in [6.07, 6.45) is 3.33. The Morgan fingerprint density at radius 3 is 2.00 bits per heavy atom. The molecule has 0 aliphatic carbocycles. The van der Waals surface area contributed by atoms with Gasteiger partial charge >= 0.3 is 0 Å². The number of halogens is 1. The van der Waals surface area contributed by atoms with Crippen molar-refractivity contribution in [1.29, 1.82) is 0 Å². The van der Waals surface area contributed by atoms with Crippen LogP contribution in [0.5, 0.6) is 0 Å². The molecule has 0 aliphatic rings. The highest BCUT2D eigenvalue weighted by molar-refractivity contribution is 8.71. The number of quaternary nitrogens is 1. The van der Waals surface area contributed by atoms with E-state index in [0.29, 0.717) is 0 Å². The molecule has 0 N–H and O–H groups in total. The molecule has 88 valence electrons. The van der Waals surface area contributed by atoms with Crippen molar-refractivity contribution >= 4 is 19.7 Å². The lowest BCUT2D eigenvalue weighted by Crippen LogP contribution is -3.00. The lowest BCUT2D eigenvalue weighted by Gasteiger charge is -2.23. The molecule has 0 saturated carbocycles. The van der Waals surface area contributed by atoms with Gasteiger partial charge in [-0.1, -0.05) is 0 Å². The highest BCUT2D eigenvalue weighted by Gasteiger charge is 2.07. The highest BCUT2D eigenvalue weighted by atomic mass is 79.9. The van der Waals surface area contributed by atoms with Crippen molar-refractivity contribution in [2.45, 2.75) is 12.8 Å². The van der Waals surface area contributed by atoms with Gasteiger partial charge in [0.25, 0.3) is 0 Å². The van der Waals surface area contributed by atoms with E-state index >= 15 is 0 Å². The van der Waals surface area contributed by atoms with E-state index in [2.05, 4.69) is 21.1 Å². The SMILES string of the molecule is C[N+](C)(C)CCCCSS(C)(=O)=O.[Br-]. The summed E-state index contributed by atoms with van der Waals surface area (Å²) in [5.41, 5.74) is 0. The predicted octanol–water partition coefficient (Wildman–Crippen LogP) is -1.83. The average molecular weight is 306 g/mol. The van der Waals surface area contributed by atoms with Crippen LogP contribution >= 0.6 is 10.8 Å². The van der Waals surface area contributed by atoms with Crippen LogP contribution in [0, 0.1) is 0 Å². The smallest absolute Gasteiger partial charge is 0.198 e. The van der Waals surface area contributed by atoms with Gasteiger partial charge in [-0.3, -0.25) is 0 Å². The van der Waals surface area contributed by atoms with Crippen LogP contribution in [0.4, 0.5) is 0 Å².